The van der Waals surface area contributed by atoms with Gasteiger partial charge in [0.05, 0.1) is 12.3 Å². The van der Waals surface area contributed by atoms with Crippen LogP contribution in [-0.4, -0.2) is 38.4 Å². The van der Waals surface area contributed by atoms with Crippen LogP contribution in [-0.2, 0) is 11.3 Å². The molecular weight excluding hydrogens is 391 g/mol. The number of hydrogen-bond donors (Lipinski definition) is 2. The molecule has 0 spiro atoms. The Hall–Kier alpha value is -1.20. The van der Waals surface area contributed by atoms with Gasteiger partial charge in [-0.05, 0) is 51.2 Å². The summed E-state index contributed by atoms with van der Waals surface area (Å²) in [7, 11) is 0. The second-order valence-corrected chi connectivity index (χ2v) is 6.01. The fraction of sp³-hybridized carbons (Fsp3) is 0.273. The molecule has 0 aliphatic heterocycles. The highest BCUT2D eigenvalue weighted by Crippen LogP contribution is 2.15. The molecular formula is C11H13IN6OS. The number of nitrogens with one attached hydrogen (secondary N) is 1. The molecule has 0 radical (unpaired) electrons. The lowest BCUT2D eigenvalue weighted by molar-refractivity contribution is -0.113. The Balaban J connectivity index is 1.87. The number of hydrogen-bond acceptors (Lipinski definition) is 6. The maximum absolute atomic E-state index is 11.9. The summed E-state index contributed by atoms with van der Waals surface area (Å²) in [4.78, 5) is 11.9. The number of nitrogens with two attached hydrogens (primary N) is 1. The van der Waals surface area contributed by atoms with Crippen molar-refractivity contribution < 1.29 is 4.79 Å². The Morgan fingerprint density at radius 3 is 3.10 bits per heavy atom. The number of benzene rings is 1. The van der Waals surface area contributed by atoms with Gasteiger partial charge in [0.25, 0.3) is 0 Å². The largest absolute Gasteiger partial charge is 0.329 e. The van der Waals surface area contributed by atoms with Gasteiger partial charge >= 0.3 is 0 Å². The van der Waals surface area contributed by atoms with Crippen LogP contribution >= 0.6 is 34.4 Å². The molecule has 0 aliphatic rings. The van der Waals surface area contributed by atoms with E-state index in [1.54, 1.807) is 4.68 Å². The summed E-state index contributed by atoms with van der Waals surface area (Å²) in [5, 5.41) is 14.6. The maximum atomic E-state index is 11.9. The standard InChI is InChI=1S/C11H13IN6OS/c12-8-2-1-3-9(6-8)14-10(19)7-20-11-15-16-17-18(11)5-4-13/h1-3,6H,4-5,7,13H2,(H,14,19). The molecule has 0 aliphatic carbocycles. The molecule has 106 valence electrons. The van der Waals surface area contributed by atoms with Gasteiger partial charge in [0.15, 0.2) is 0 Å². The first-order valence-electron chi connectivity index (χ1n) is 5.83. The van der Waals surface area contributed by atoms with Crippen LogP contribution in [0.15, 0.2) is 29.4 Å². The minimum absolute atomic E-state index is 0.0979. The highest BCUT2D eigenvalue weighted by Gasteiger charge is 2.09. The molecule has 0 saturated heterocycles. The molecule has 9 heteroatoms. The van der Waals surface area contributed by atoms with Crippen molar-refractivity contribution in [2.24, 2.45) is 5.73 Å². The third-order valence-electron chi connectivity index (χ3n) is 2.28. The summed E-state index contributed by atoms with van der Waals surface area (Å²) < 4.78 is 2.66. The lowest BCUT2D eigenvalue weighted by atomic mass is 10.3. The lowest BCUT2D eigenvalue weighted by Gasteiger charge is -2.05. The summed E-state index contributed by atoms with van der Waals surface area (Å²) in [5.41, 5.74) is 6.24. The predicted molar refractivity (Wildman–Crippen MR) is 85.4 cm³/mol. The monoisotopic (exact) mass is 404 g/mol. The number of halogens is 1. The van der Waals surface area contributed by atoms with E-state index in [9.17, 15) is 4.79 Å². The molecule has 0 atom stereocenters. The van der Waals surface area contributed by atoms with E-state index in [4.69, 9.17) is 5.73 Å². The fourth-order valence-corrected chi connectivity index (χ4v) is 2.70. The van der Waals surface area contributed by atoms with Gasteiger partial charge in [0, 0.05) is 15.8 Å². The second kappa shape index (κ2) is 7.55. The van der Waals surface area contributed by atoms with E-state index in [1.807, 2.05) is 24.3 Å². The van der Waals surface area contributed by atoms with Gasteiger partial charge in [-0.2, -0.15) is 0 Å². The fourth-order valence-electron chi connectivity index (χ4n) is 1.46. The Morgan fingerprint density at radius 1 is 1.50 bits per heavy atom. The zero-order chi connectivity index (χ0) is 14.4. The number of thioether (sulfide) groups is 1. The van der Waals surface area contributed by atoms with E-state index in [0.717, 1.165) is 9.26 Å². The molecule has 7 nitrogen and oxygen atoms in total. The van der Waals surface area contributed by atoms with Gasteiger partial charge in [-0.3, -0.25) is 4.79 Å². The Bertz CT molecular complexity index is 590. The number of anilines is 1. The van der Waals surface area contributed by atoms with Crippen LogP contribution in [0, 0.1) is 3.57 Å². The summed E-state index contributed by atoms with van der Waals surface area (Å²) in [6.07, 6.45) is 0. The van der Waals surface area contributed by atoms with E-state index in [0.29, 0.717) is 18.2 Å². The topological polar surface area (TPSA) is 98.7 Å². The minimum Gasteiger partial charge on any atom is -0.329 e. The SMILES string of the molecule is NCCn1nnnc1SCC(=O)Nc1cccc(I)c1. The molecule has 1 aromatic carbocycles. The average Bonchev–Trinajstić information content (AvgIpc) is 2.84. The van der Waals surface area contributed by atoms with E-state index < -0.39 is 0 Å². The third-order valence-corrected chi connectivity index (χ3v) is 3.91. The van der Waals surface area contributed by atoms with E-state index in [1.165, 1.54) is 11.8 Å². The van der Waals surface area contributed by atoms with Crippen molar-refractivity contribution >= 4 is 45.9 Å². The van der Waals surface area contributed by atoms with Crippen molar-refractivity contribution in [2.45, 2.75) is 11.7 Å². The van der Waals surface area contributed by atoms with Crippen LogP contribution < -0.4 is 11.1 Å². The first-order valence-corrected chi connectivity index (χ1v) is 7.90. The number of nitrogens with zero attached hydrogens (tertiary/aromatic N) is 4. The smallest absolute Gasteiger partial charge is 0.234 e. The van der Waals surface area contributed by atoms with Gasteiger partial charge in [0.2, 0.25) is 11.1 Å². The minimum atomic E-state index is -0.0979. The molecule has 1 aromatic heterocycles. The van der Waals surface area contributed by atoms with Gasteiger partial charge in [0.1, 0.15) is 0 Å². The zero-order valence-corrected chi connectivity index (χ0v) is 13.5. The number of tetrazole rings is 1. The third kappa shape index (κ3) is 4.42. The van der Waals surface area contributed by atoms with Crippen molar-refractivity contribution in [3.63, 3.8) is 0 Å². The Kier molecular flexibility index (Phi) is 5.73. The summed E-state index contributed by atoms with van der Waals surface area (Å²) in [6, 6.07) is 7.61. The van der Waals surface area contributed by atoms with Crippen LogP contribution in [0.3, 0.4) is 0 Å². The molecule has 0 saturated carbocycles. The van der Waals surface area contributed by atoms with Crippen molar-refractivity contribution in [1.82, 2.24) is 20.2 Å². The molecule has 3 N–H and O–H groups in total. The van der Waals surface area contributed by atoms with Crippen molar-refractivity contribution in [3.8, 4) is 0 Å². The van der Waals surface area contributed by atoms with Crippen LogP contribution in [0.2, 0.25) is 0 Å². The summed E-state index contributed by atoms with van der Waals surface area (Å²) >= 11 is 3.48. The molecule has 1 heterocycles. The van der Waals surface area contributed by atoms with Gasteiger partial charge in [-0.25, -0.2) is 4.68 Å². The molecule has 0 bridgehead atoms. The number of amides is 1. The van der Waals surface area contributed by atoms with E-state index in [-0.39, 0.29) is 11.7 Å². The average molecular weight is 404 g/mol. The first-order chi connectivity index (χ1) is 9.69. The Labute approximate surface area is 133 Å². The number of carbonyl (C=O) groups is 1. The summed E-state index contributed by atoms with van der Waals surface area (Å²) in [5.74, 6) is 0.149. The molecule has 0 unspecified atom stereocenters. The molecule has 20 heavy (non-hydrogen) atoms. The van der Waals surface area contributed by atoms with Gasteiger partial charge in [-0.1, -0.05) is 17.8 Å². The number of carbonyl (C=O) groups excluding carboxylic acids is 1. The molecule has 2 rings (SSSR count). The molecule has 1 amide bonds. The van der Waals surface area contributed by atoms with Crippen LogP contribution in [0.25, 0.3) is 0 Å². The normalized spacial score (nSPS) is 10.5. The predicted octanol–water partition coefficient (Wildman–Crippen LogP) is 0.967. The van der Waals surface area contributed by atoms with Crippen molar-refractivity contribution in [2.75, 3.05) is 17.6 Å². The summed E-state index contributed by atoms with van der Waals surface area (Å²) in [6.45, 7) is 0.987. The highest BCUT2D eigenvalue weighted by molar-refractivity contribution is 14.1. The van der Waals surface area contributed by atoms with Gasteiger partial charge in [-0.15, -0.1) is 5.10 Å². The quantitative estimate of drug-likeness (QED) is 0.550. The Morgan fingerprint density at radius 2 is 2.35 bits per heavy atom. The lowest BCUT2D eigenvalue weighted by Crippen LogP contribution is -2.16. The zero-order valence-electron chi connectivity index (χ0n) is 10.5. The number of rotatable bonds is 6. The van der Waals surface area contributed by atoms with Crippen LogP contribution in [0.4, 0.5) is 5.69 Å². The van der Waals surface area contributed by atoms with E-state index >= 15 is 0 Å². The highest BCUT2D eigenvalue weighted by atomic mass is 127. The maximum Gasteiger partial charge on any atom is 0.234 e. The van der Waals surface area contributed by atoms with Crippen LogP contribution in [0.1, 0.15) is 0 Å². The van der Waals surface area contributed by atoms with Crippen molar-refractivity contribution in [3.05, 3.63) is 27.8 Å². The van der Waals surface area contributed by atoms with Crippen molar-refractivity contribution in [1.29, 1.82) is 0 Å². The molecule has 2 aromatic rings. The van der Waals surface area contributed by atoms with Gasteiger partial charge < -0.3 is 11.1 Å². The number of aromatic nitrogens is 4. The first kappa shape index (κ1) is 15.2. The van der Waals surface area contributed by atoms with E-state index in [2.05, 4.69) is 43.4 Å². The molecule has 0 fully saturated rings. The van der Waals surface area contributed by atoms with Crippen LogP contribution in [0.5, 0.6) is 0 Å². The second-order valence-electron chi connectivity index (χ2n) is 3.82.